The molecule has 40 heavy (non-hydrogen) atoms. The Labute approximate surface area is 236 Å². The Bertz CT molecular complexity index is 1660. The summed E-state index contributed by atoms with van der Waals surface area (Å²) in [7, 11) is 0. The molecule has 4 N–H and O–H groups in total. The Morgan fingerprint density at radius 1 is 1.30 bits per heavy atom. The number of aliphatic hydroxyl groups is 1. The van der Waals surface area contributed by atoms with Crippen LogP contribution in [-0.4, -0.2) is 37.8 Å². The monoisotopic (exact) mass is 586 g/mol. The first-order valence-corrected chi connectivity index (χ1v) is 13.4. The van der Waals surface area contributed by atoms with Crippen molar-refractivity contribution < 1.29 is 33.7 Å². The number of amides is 1. The first-order chi connectivity index (χ1) is 18.8. The fraction of sp³-hybridized carbons (Fsp3) is 0.259. The second kappa shape index (κ2) is 9.88. The highest BCUT2D eigenvalue weighted by Gasteiger charge is 2.48. The van der Waals surface area contributed by atoms with Crippen LogP contribution in [0.4, 0.5) is 14.9 Å². The molecule has 0 spiro atoms. The molecule has 1 aliphatic carbocycles. The second-order valence-corrected chi connectivity index (χ2v) is 11.7. The number of nitrogens with zero attached hydrogens (tertiary/aromatic N) is 2. The minimum atomic E-state index is -1.80. The molecule has 0 aliphatic heterocycles. The third-order valence-corrected chi connectivity index (χ3v) is 7.55. The number of carboxylic acids is 1. The van der Waals surface area contributed by atoms with Crippen molar-refractivity contribution in [2.75, 3.05) is 5.32 Å². The number of ether oxygens (including phenoxy) is 1. The van der Waals surface area contributed by atoms with Gasteiger partial charge in [-0.3, -0.25) is 5.32 Å². The Hall–Kier alpha value is -4.00. The summed E-state index contributed by atoms with van der Waals surface area (Å²) < 4.78 is 20.5. The molecule has 1 aliphatic rings. The summed E-state index contributed by atoms with van der Waals surface area (Å²) in [6.45, 7) is 5.22. The smallest absolute Gasteiger partial charge is 0.412 e. The number of aromatic nitrogens is 3. The molecule has 0 saturated heterocycles. The van der Waals surface area contributed by atoms with Crippen LogP contribution in [0.1, 0.15) is 53.9 Å². The normalized spacial score (nSPS) is 16.6. The number of fused-ring (bicyclic) bond motifs is 1. The van der Waals surface area contributed by atoms with E-state index in [1.54, 1.807) is 45.0 Å². The van der Waals surface area contributed by atoms with E-state index in [1.165, 1.54) is 17.8 Å². The van der Waals surface area contributed by atoms with Gasteiger partial charge in [-0.1, -0.05) is 11.6 Å². The number of carbonyl (C=O) groups is 2. The van der Waals surface area contributed by atoms with Gasteiger partial charge in [-0.15, -0.1) is 11.3 Å². The number of rotatable bonds is 5. The minimum absolute atomic E-state index is 0.000656. The van der Waals surface area contributed by atoms with Gasteiger partial charge >= 0.3 is 12.1 Å². The van der Waals surface area contributed by atoms with Crippen LogP contribution in [-0.2, 0) is 16.8 Å². The molecule has 5 rings (SSSR count). The molecular formula is C27H24ClFN4O6S. The fourth-order valence-corrected chi connectivity index (χ4v) is 5.64. The number of H-pyrrole nitrogens is 1. The summed E-state index contributed by atoms with van der Waals surface area (Å²) in [5.74, 6) is -2.27. The molecule has 1 unspecified atom stereocenters. The van der Waals surface area contributed by atoms with Gasteiger partial charge in [-0.05, 0) is 57.9 Å². The number of aromatic amines is 1. The highest BCUT2D eigenvalue weighted by Crippen LogP contribution is 2.42. The quantitative estimate of drug-likeness (QED) is 0.179. The summed E-state index contributed by atoms with van der Waals surface area (Å²) in [4.78, 5) is 30.3. The molecule has 0 bridgehead atoms. The molecule has 208 valence electrons. The van der Waals surface area contributed by atoms with Crippen molar-refractivity contribution in [1.82, 2.24) is 9.97 Å². The predicted octanol–water partition coefficient (Wildman–Crippen LogP) is 5.46. The highest BCUT2D eigenvalue weighted by molar-refractivity contribution is 7.12. The molecule has 1 aromatic carbocycles. The summed E-state index contributed by atoms with van der Waals surface area (Å²) >= 11 is 6.97. The average Bonchev–Trinajstić information content (AvgIpc) is 3.57. The van der Waals surface area contributed by atoms with Crippen molar-refractivity contribution >= 4 is 40.7 Å². The number of imidazole rings is 1. The second-order valence-electron chi connectivity index (χ2n) is 10.3. The first kappa shape index (κ1) is 27.6. The number of halogens is 2. The minimum Gasteiger partial charge on any atom is -0.618 e. The number of hydrogen-bond donors (Lipinski definition) is 4. The van der Waals surface area contributed by atoms with Gasteiger partial charge < -0.3 is 25.1 Å². The topological polar surface area (TPSA) is 151 Å². The number of carbonyl (C=O) groups excluding carboxylic acids is 1. The molecule has 1 amide bonds. The lowest BCUT2D eigenvalue weighted by atomic mass is 9.98. The Balaban J connectivity index is 1.50. The van der Waals surface area contributed by atoms with Gasteiger partial charge in [-0.25, -0.2) is 19.0 Å². The van der Waals surface area contributed by atoms with Crippen LogP contribution in [0.5, 0.6) is 0 Å². The highest BCUT2D eigenvalue weighted by atomic mass is 35.5. The molecule has 4 aromatic rings. The number of thiophene rings is 1. The van der Waals surface area contributed by atoms with Crippen LogP contribution < -0.4 is 10.0 Å². The van der Waals surface area contributed by atoms with Gasteiger partial charge in [0.1, 0.15) is 16.3 Å². The van der Waals surface area contributed by atoms with Crippen molar-refractivity contribution in [3.8, 4) is 22.4 Å². The zero-order chi connectivity index (χ0) is 29.0. The third-order valence-electron chi connectivity index (χ3n) is 6.37. The van der Waals surface area contributed by atoms with Gasteiger partial charge in [0, 0.05) is 32.7 Å². The van der Waals surface area contributed by atoms with E-state index in [0.717, 1.165) is 11.3 Å². The van der Waals surface area contributed by atoms with Crippen LogP contribution in [0.25, 0.3) is 22.4 Å². The van der Waals surface area contributed by atoms with Gasteiger partial charge in [0.2, 0.25) is 11.3 Å². The molecule has 1 atom stereocenters. The van der Waals surface area contributed by atoms with E-state index in [0.29, 0.717) is 38.6 Å². The molecule has 10 nitrogen and oxygen atoms in total. The first-order valence-electron chi connectivity index (χ1n) is 12.1. The molecule has 0 fully saturated rings. The Morgan fingerprint density at radius 2 is 2.05 bits per heavy atom. The summed E-state index contributed by atoms with van der Waals surface area (Å²) in [6.07, 6.45) is 2.32. The van der Waals surface area contributed by atoms with Gasteiger partial charge in [0.15, 0.2) is 12.0 Å². The number of aromatic carboxylic acids is 1. The predicted molar refractivity (Wildman–Crippen MR) is 146 cm³/mol. The summed E-state index contributed by atoms with van der Waals surface area (Å²) in [5.41, 5.74) is -0.446. The van der Waals surface area contributed by atoms with Crippen molar-refractivity contribution in [3.63, 3.8) is 0 Å². The van der Waals surface area contributed by atoms with Crippen LogP contribution in [0.3, 0.4) is 0 Å². The van der Waals surface area contributed by atoms with E-state index < -0.39 is 34.0 Å². The van der Waals surface area contributed by atoms with E-state index >= 15 is 0 Å². The zero-order valence-corrected chi connectivity index (χ0v) is 23.1. The molecule has 13 heteroatoms. The van der Waals surface area contributed by atoms with Crippen LogP contribution in [0.15, 0.2) is 42.0 Å². The van der Waals surface area contributed by atoms with Gasteiger partial charge in [0.25, 0.3) is 0 Å². The lowest BCUT2D eigenvalue weighted by molar-refractivity contribution is -0.620. The maximum absolute atomic E-state index is 14.6. The van der Waals surface area contributed by atoms with Gasteiger partial charge in [-0.2, -0.15) is 4.73 Å². The number of benzene rings is 1. The van der Waals surface area contributed by atoms with Gasteiger partial charge in [0.05, 0.1) is 17.6 Å². The molecular weight excluding hydrogens is 563 g/mol. The zero-order valence-electron chi connectivity index (χ0n) is 21.5. The number of carboxylic acid groups (broad SMARTS) is 1. The van der Waals surface area contributed by atoms with Crippen LogP contribution in [0, 0.1) is 11.0 Å². The van der Waals surface area contributed by atoms with E-state index in [2.05, 4.69) is 15.3 Å². The SMILES string of the molecule is CC(C)(C)OC(=O)Nc1ccc(Cl)cc1-c1cc2c([n+]([O-])c1)C(O)(c1ncc(-c3csc(C(=O)O)c3F)[nH]1)CC2. The van der Waals surface area contributed by atoms with E-state index in [1.807, 2.05) is 0 Å². The standard InChI is InChI=1S/C27H24ClFN4O6S/c1-26(2,3)39-25(36)32-18-5-4-15(28)9-16(18)14-8-13-6-7-27(37,22(13)33(38)11-14)24-30-10-19(31-24)17-12-40-21(20(17)29)23(34)35/h4-5,8-12,37H,6-7H2,1-3H3,(H,30,31)(H,32,36)(H,34,35). The Kier molecular flexibility index (Phi) is 6.81. The average molecular weight is 587 g/mol. The van der Waals surface area contributed by atoms with E-state index in [4.69, 9.17) is 21.4 Å². The van der Waals surface area contributed by atoms with E-state index in [-0.39, 0.29) is 29.2 Å². The van der Waals surface area contributed by atoms with Crippen molar-refractivity contribution in [2.24, 2.45) is 0 Å². The molecule has 3 aromatic heterocycles. The maximum Gasteiger partial charge on any atom is 0.412 e. The number of anilines is 1. The van der Waals surface area contributed by atoms with Crippen molar-refractivity contribution in [1.29, 1.82) is 0 Å². The number of pyridine rings is 1. The molecule has 3 heterocycles. The lowest BCUT2D eigenvalue weighted by Gasteiger charge is -2.21. The number of hydrogen-bond acceptors (Lipinski definition) is 7. The lowest BCUT2D eigenvalue weighted by Crippen LogP contribution is -2.42. The van der Waals surface area contributed by atoms with Crippen LogP contribution in [0.2, 0.25) is 5.02 Å². The van der Waals surface area contributed by atoms with Crippen LogP contribution >= 0.6 is 22.9 Å². The summed E-state index contributed by atoms with van der Waals surface area (Å²) in [5, 5.41) is 38.5. The molecule has 0 radical (unpaired) electrons. The maximum atomic E-state index is 14.6. The van der Waals surface area contributed by atoms with Crippen molar-refractivity contribution in [2.45, 2.75) is 44.8 Å². The fourth-order valence-electron chi connectivity index (χ4n) is 4.69. The largest absolute Gasteiger partial charge is 0.618 e. The Morgan fingerprint density at radius 3 is 2.73 bits per heavy atom. The number of nitrogens with one attached hydrogen (secondary N) is 2. The third kappa shape index (κ3) is 5.01. The van der Waals surface area contributed by atoms with E-state index in [9.17, 15) is 24.3 Å². The van der Waals surface area contributed by atoms with Crippen molar-refractivity contribution in [3.05, 3.63) is 80.0 Å². The molecule has 0 saturated carbocycles. The number of aryl methyl sites for hydroxylation is 1. The summed E-state index contributed by atoms with van der Waals surface area (Å²) in [6, 6.07) is 6.54.